The van der Waals surface area contributed by atoms with Crippen LogP contribution in [0.4, 0.5) is 4.39 Å². The van der Waals surface area contributed by atoms with Gasteiger partial charge < -0.3 is 9.97 Å². The van der Waals surface area contributed by atoms with Crippen molar-refractivity contribution in [3.05, 3.63) is 70.8 Å². The average molecular weight is 377 g/mol. The number of aromatic amines is 2. The molecule has 0 saturated heterocycles. The van der Waals surface area contributed by atoms with Crippen LogP contribution >= 0.6 is 0 Å². The molecule has 0 atom stereocenters. The third-order valence-electron chi connectivity index (χ3n) is 5.95. The number of rotatable bonds is 3. The highest BCUT2D eigenvalue weighted by Gasteiger charge is 2.28. The minimum absolute atomic E-state index is 0.0805. The first kappa shape index (κ1) is 18.8. The van der Waals surface area contributed by atoms with Gasteiger partial charge in [0.15, 0.2) is 0 Å². The van der Waals surface area contributed by atoms with Crippen LogP contribution in [-0.4, -0.2) is 9.97 Å². The van der Waals surface area contributed by atoms with E-state index in [1.807, 2.05) is 12.3 Å². The van der Waals surface area contributed by atoms with E-state index in [-0.39, 0.29) is 16.6 Å². The quantitative estimate of drug-likeness (QED) is 0.389. The Labute approximate surface area is 166 Å². The number of aryl methyl sites for hydroxylation is 1. The molecule has 28 heavy (non-hydrogen) atoms. The molecular weight excluding hydrogens is 347 g/mol. The van der Waals surface area contributed by atoms with Gasteiger partial charge >= 0.3 is 0 Å². The van der Waals surface area contributed by atoms with E-state index in [9.17, 15) is 4.39 Å². The van der Waals surface area contributed by atoms with E-state index in [2.05, 4.69) is 69.8 Å². The Morgan fingerprint density at radius 3 is 2.29 bits per heavy atom. The highest BCUT2D eigenvalue weighted by molar-refractivity contribution is 5.90. The summed E-state index contributed by atoms with van der Waals surface area (Å²) in [6.07, 6.45) is 4.95. The van der Waals surface area contributed by atoms with E-state index >= 15 is 0 Å². The molecule has 2 aromatic heterocycles. The number of benzene rings is 2. The van der Waals surface area contributed by atoms with Crippen LogP contribution < -0.4 is 0 Å². The summed E-state index contributed by atoms with van der Waals surface area (Å²) in [5.74, 6) is -0.161. The van der Waals surface area contributed by atoms with Crippen molar-refractivity contribution < 1.29 is 4.39 Å². The Kier molecular flexibility index (Phi) is 4.18. The first-order valence-electron chi connectivity index (χ1n) is 9.96. The number of nitrogens with one attached hydrogen (secondary N) is 2. The van der Waals surface area contributed by atoms with Crippen molar-refractivity contribution in [2.75, 3.05) is 0 Å². The molecule has 2 heterocycles. The summed E-state index contributed by atoms with van der Waals surface area (Å²) in [6.45, 7) is 13.3. The molecule has 2 aromatic carbocycles. The van der Waals surface area contributed by atoms with Gasteiger partial charge in [0, 0.05) is 34.2 Å². The molecule has 0 bridgehead atoms. The zero-order valence-electron chi connectivity index (χ0n) is 17.6. The van der Waals surface area contributed by atoms with Gasteiger partial charge in [0.05, 0.1) is 0 Å². The monoisotopic (exact) mass is 376 g/mol. The molecule has 3 heteroatoms. The van der Waals surface area contributed by atoms with E-state index in [0.29, 0.717) is 5.39 Å². The van der Waals surface area contributed by atoms with Crippen molar-refractivity contribution in [1.29, 1.82) is 0 Å². The van der Waals surface area contributed by atoms with Gasteiger partial charge in [-0.25, -0.2) is 4.39 Å². The van der Waals surface area contributed by atoms with E-state index in [1.165, 1.54) is 27.6 Å². The fourth-order valence-corrected chi connectivity index (χ4v) is 4.46. The van der Waals surface area contributed by atoms with E-state index in [4.69, 9.17) is 0 Å². The second-order valence-corrected chi connectivity index (χ2v) is 9.67. The van der Waals surface area contributed by atoms with Crippen LogP contribution in [0.25, 0.3) is 21.8 Å². The van der Waals surface area contributed by atoms with Crippen LogP contribution in [0.3, 0.4) is 0 Å². The normalized spacial score (nSPS) is 13.0. The lowest BCUT2D eigenvalue weighted by atomic mass is 9.78. The lowest BCUT2D eigenvalue weighted by Gasteiger charge is -2.26. The smallest absolute Gasteiger partial charge is 0.132 e. The summed E-state index contributed by atoms with van der Waals surface area (Å²) < 4.78 is 14.6. The van der Waals surface area contributed by atoms with E-state index in [0.717, 1.165) is 17.5 Å². The SMILES string of the molecule is Cc1ccc(CC(C)(C)c2c[nH]c3cccc(F)c23)c2[nH]cc(C(C)(C)C)c12. The average Bonchev–Trinajstić information content (AvgIpc) is 3.23. The number of H-pyrrole nitrogens is 2. The van der Waals surface area contributed by atoms with Gasteiger partial charge in [-0.05, 0) is 58.6 Å². The van der Waals surface area contributed by atoms with E-state index in [1.54, 1.807) is 12.1 Å². The van der Waals surface area contributed by atoms with Gasteiger partial charge in [-0.2, -0.15) is 0 Å². The van der Waals surface area contributed by atoms with Crippen LogP contribution in [0, 0.1) is 12.7 Å². The Bertz CT molecular complexity index is 1170. The van der Waals surface area contributed by atoms with E-state index < -0.39 is 0 Å². The van der Waals surface area contributed by atoms with Gasteiger partial charge in [0.25, 0.3) is 0 Å². The molecule has 2 nitrogen and oxygen atoms in total. The summed E-state index contributed by atoms with van der Waals surface area (Å²) in [5, 5.41) is 2.03. The van der Waals surface area contributed by atoms with Crippen molar-refractivity contribution in [2.24, 2.45) is 0 Å². The Balaban J connectivity index is 1.83. The van der Waals surface area contributed by atoms with Crippen molar-refractivity contribution in [3.63, 3.8) is 0 Å². The van der Waals surface area contributed by atoms with Crippen LogP contribution in [0.2, 0.25) is 0 Å². The Hall–Kier alpha value is -2.55. The van der Waals surface area contributed by atoms with Crippen LogP contribution in [0.5, 0.6) is 0 Å². The first-order chi connectivity index (χ1) is 13.1. The maximum absolute atomic E-state index is 14.6. The standard InChI is InChI=1S/C25H29FN2/c1-15-10-11-16(23-21(15)17(13-28-23)24(2,3)4)12-25(5,6)18-14-27-20-9-7-8-19(26)22(18)20/h7-11,13-14,27-28H,12H2,1-6H3. The fourth-order valence-electron chi connectivity index (χ4n) is 4.46. The lowest BCUT2D eigenvalue weighted by Crippen LogP contribution is -2.20. The number of halogens is 1. The second-order valence-electron chi connectivity index (χ2n) is 9.67. The number of fused-ring (bicyclic) bond motifs is 2. The molecule has 0 fully saturated rings. The molecule has 0 saturated carbocycles. The molecule has 0 unspecified atom stereocenters. The predicted octanol–water partition coefficient (Wildman–Crippen LogP) is 6.91. The van der Waals surface area contributed by atoms with Crippen molar-refractivity contribution in [3.8, 4) is 0 Å². The van der Waals surface area contributed by atoms with Gasteiger partial charge in [-0.1, -0.05) is 52.8 Å². The maximum Gasteiger partial charge on any atom is 0.132 e. The molecular formula is C25H29FN2. The topological polar surface area (TPSA) is 31.6 Å². The molecule has 0 amide bonds. The fraction of sp³-hybridized carbons (Fsp3) is 0.360. The Morgan fingerprint density at radius 1 is 0.857 bits per heavy atom. The molecule has 0 aliphatic carbocycles. The first-order valence-corrected chi connectivity index (χ1v) is 9.96. The summed E-state index contributed by atoms with van der Waals surface area (Å²) in [5.41, 5.74) is 6.86. The van der Waals surface area contributed by atoms with Gasteiger partial charge in [-0.15, -0.1) is 0 Å². The maximum atomic E-state index is 14.6. The van der Waals surface area contributed by atoms with Crippen LogP contribution in [0.1, 0.15) is 56.9 Å². The highest BCUT2D eigenvalue weighted by Crippen LogP contribution is 2.38. The zero-order valence-corrected chi connectivity index (χ0v) is 17.6. The minimum Gasteiger partial charge on any atom is -0.361 e. The van der Waals surface area contributed by atoms with Gasteiger partial charge in [0.1, 0.15) is 5.82 Å². The summed E-state index contributed by atoms with van der Waals surface area (Å²) >= 11 is 0. The predicted molar refractivity (Wildman–Crippen MR) is 117 cm³/mol. The van der Waals surface area contributed by atoms with Gasteiger partial charge in [-0.3, -0.25) is 0 Å². The molecule has 0 aliphatic rings. The molecule has 0 aliphatic heterocycles. The largest absolute Gasteiger partial charge is 0.361 e. The lowest BCUT2D eigenvalue weighted by molar-refractivity contribution is 0.525. The zero-order chi connectivity index (χ0) is 20.3. The number of hydrogen-bond acceptors (Lipinski definition) is 0. The van der Waals surface area contributed by atoms with Crippen molar-refractivity contribution >= 4 is 21.8 Å². The third kappa shape index (κ3) is 2.94. The molecule has 4 rings (SSSR count). The Morgan fingerprint density at radius 2 is 1.57 bits per heavy atom. The molecule has 4 aromatic rings. The van der Waals surface area contributed by atoms with Gasteiger partial charge in [0.2, 0.25) is 0 Å². The summed E-state index contributed by atoms with van der Waals surface area (Å²) in [7, 11) is 0. The van der Waals surface area contributed by atoms with Crippen molar-refractivity contribution in [1.82, 2.24) is 9.97 Å². The molecule has 0 radical (unpaired) electrons. The van der Waals surface area contributed by atoms with Crippen LogP contribution in [-0.2, 0) is 17.3 Å². The third-order valence-corrected chi connectivity index (χ3v) is 5.95. The molecule has 0 spiro atoms. The highest BCUT2D eigenvalue weighted by atomic mass is 19.1. The van der Waals surface area contributed by atoms with Crippen LogP contribution in [0.15, 0.2) is 42.7 Å². The minimum atomic E-state index is -0.213. The number of aromatic nitrogens is 2. The number of hydrogen-bond donors (Lipinski definition) is 2. The summed E-state index contributed by atoms with van der Waals surface area (Å²) in [6, 6.07) is 9.66. The second kappa shape index (κ2) is 6.23. The molecule has 2 N–H and O–H groups in total. The molecule has 146 valence electrons. The summed E-state index contributed by atoms with van der Waals surface area (Å²) in [4.78, 5) is 6.78. The van der Waals surface area contributed by atoms with Crippen molar-refractivity contribution in [2.45, 2.75) is 58.8 Å².